The highest BCUT2D eigenvalue weighted by Crippen LogP contribution is 2.34. The van der Waals surface area contributed by atoms with Crippen LogP contribution in [0.2, 0.25) is 0 Å². The van der Waals surface area contributed by atoms with E-state index in [1.165, 1.54) is 0 Å². The van der Waals surface area contributed by atoms with Crippen LogP contribution in [0.25, 0.3) is 0 Å². The van der Waals surface area contributed by atoms with Crippen LogP contribution < -0.4 is 10.5 Å². The van der Waals surface area contributed by atoms with E-state index in [2.05, 4.69) is 4.98 Å². The van der Waals surface area contributed by atoms with Crippen LogP contribution in [0.5, 0.6) is 0 Å². The SMILES string of the molecule is CCCn1ccnc(N2CCCC(CC)(C(=O)O)C2)c1=O. The van der Waals surface area contributed by atoms with Crippen molar-refractivity contribution in [1.82, 2.24) is 9.55 Å². The molecule has 6 nitrogen and oxygen atoms in total. The van der Waals surface area contributed by atoms with Gasteiger partial charge in [0.15, 0.2) is 5.82 Å². The number of aliphatic carboxylic acids is 1. The van der Waals surface area contributed by atoms with Gasteiger partial charge in [-0.25, -0.2) is 4.98 Å². The predicted molar refractivity (Wildman–Crippen MR) is 80.6 cm³/mol. The number of rotatable bonds is 5. The molecule has 116 valence electrons. The van der Waals surface area contributed by atoms with Crippen LogP contribution in [-0.2, 0) is 11.3 Å². The molecule has 0 spiro atoms. The summed E-state index contributed by atoms with van der Waals surface area (Å²) in [5, 5.41) is 9.53. The smallest absolute Gasteiger partial charge is 0.311 e. The largest absolute Gasteiger partial charge is 0.481 e. The van der Waals surface area contributed by atoms with E-state index in [-0.39, 0.29) is 5.56 Å². The number of carbonyl (C=O) groups is 1. The third-order valence-electron chi connectivity index (χ3n) is 4.37. The lowest BCUT2D eigenvalue weighted by atomic mass is 9.77. The molecule has 21 heavy (non-hydrogen) atoms. The maximum atomic E-state index is 12.4. The Morgan fingerprint density at radius 3 is 2.86 bits per heavy atom. The van der Waals surface area contributed by atoms with Gasteiger partial charge in [-0.1, -0.05) is 13.8 Å². The van der Waals surface area contributed by atoms with Crippen molar-refractivity contribution in [3.8, 4) is 0 Å². The molecular formula is C15H23N3O3. The minimum Gasteiger partial charge on any atom is -0.481 e. The molecule has 1 aromatic heterocycles. The average Bonchev–Trinajstić information content (AvgIpc) is 2.49. The van der Waals surface area contributed by atoms with Crippen molar-refractivity contribution < 1.29 is 9.90 Å². The van der Waals surface area contributed by atoms with Crippen LogP contribution in [0.4, 0.5) is 5.82 Å². The third-order valence-corrected chi connectivity index (χ3v) is 4.37. The molecule has 0 amide bonds. The normalized spacial score (nSPS) is 22.3. The van der Waals surface area contributed by atoms with Gasteiger partial charge in [0, 0.05) is 32.0 Å². The van der Waals surface area contributed by atoms with Gasteiger partial charge in [-0.15, -0.1) is 0 Å². The summed E-state index contributed by atoms with van der Waals surface area (Å²) in [5.74, 6) is -0.399. The molecule has 1 aliphatic heterocycles. The van der Waals surface area contributed by atoms with E-state index >= 15 is 0 Å². The van der Waals surface area contributed by atoms with Crippen LogP contribution in [0.3, 0.4) is 0 Å². The number of hydrogen-bond donors (Lipinski definition) is 1. The molecule has 0 aromatic carbocycles. The van der Waals surface area contributed by atoms with Gasteiger partial charge in [-0.2, -0.15) is 0 Å². The van der Waals surface area contributed by atoms with E-state index in [0.29, 0.717) is 38.3 Å². The van der Waals surface area contributed by atoms with E-state index in [0.717, 1.165) is 12.8 Å². The van der Waals surface area contributed by atoms with E-state index in [1.54, 1.807) is 17.0 Å². The lowest BCUT2D eigenvalue weighted by molar-refractivity contribution is -0.149. The van der Waals surface area contributed by atoms with Gasteiger partial charge in [-0.05, 0) is 25.7 Å². The zero-order chi connectivity index (χ0) is 15.5. The molecule has 1 saturated heterocycles. The lowest BCUT2D eigenvalue weighted by Crippen LogP contribution is -2.49. The summed E-state index contributed by atoms with van der Waals surface area (Å²) >= 11 is 0. The van der Waals surface area contributed by atoms with Crippen LogP contribution in [-0.4, -0.2) is 33.7 Å². The Kier molecular flexibility index (Phi) is 4.65. The molecule has 1 aliphatic rings. The first kappa shape index (κ1) is 15.5. The van der Waals surface area contributed by atoms with Crippen molar-refractivity contribution in [2.45, 2.75) is 46.1 Å². The first-order valence-electron chi connectivity index (χ1n) is 7.58. The van der Waals surface area contributed by atoms with E-state index < -0.39 is 11.4 Å². The van der Waals surface area contributed by atoms with Gasteiger partial charge < -0.3 is 14.6 Å². The fourth-order valence-electron chi connectivity index (χ4n) is 3.00. The first-order valence-corrected chi connectivity index (χ1v) is 7.58. The highest BCUT2D eigenvalue weighted by molar-refractivity contribution is 5.75. The molecule has 1 aromatic rings. The van der Waals surface area contributed by atoms with Crippen molar-refractivity contribution in [3.63, 3.8) is 0 Å². The Balaban J connectivity index is 2.32. The van der Waals surface area contributed by atoms with E-state index in [1.807, 2.05) is 18.7 Å². The minimum absolute atomic E-state index is 0.128. The summed E-state index contributed by atoms with van der Waals surface area (Å²) in [6.45, 7) is 5.61. The molecule has 2 rings (SSSR count). The van der Waals surface area contributed by atoms with Gasteiger partial charge in [0.1, 0.15) is 0 Å². The highest BCUT2D eigenvalue weighted by Gasteiger charge is 2.41. The predicted octanol–water partition coefficient (Wildman–Crippen LogP) is 1.73. The summed E-state index contributed by atoms with van der Waals surface area (Å²) in [7, 11) is 0. The summed E-state index contributed by atoms with van der Waals surface area (Å²) in [4.78, 5) is 30.1. The van der Waals surface area contributed by atoms with Crippen LogP contribution in [0, 0.1) is 5.41 Å². The minimum atomic E-state index is -0.778. The van der Waals surface area contributed by atoms with Gasteiger partial charge in [0.2, 0.25) is 0 Å². The highest BCUT2D eigenvalue weighted by atomic mass is 16.4. The van der Waals surface area contributed by atoms with Gasteiger partial charge >= 0.3 is 5.97 Å². The van der Waals surface area contributed by atoms with Crippen molar-refractivity contribution >= 4 is 11.8 Å². The standard InChI is InChI=1S/C15H23N3O3/c1-3-8-17-10-7-16-12(13(17)19)18-9-5-6-15(4-2,11-18)14(20)21/h7,10H,3-6,8-9,11H2,1-2H3,(H,20,21). The number of carboxylic acid groups (broad SMARTS) is 1. The Labute approximate surface area is 124 Å². The average molecular weight is 293 g/mol. The summed E-state index contributed by atoms with van der Waals surface area (Å²) in [6.07, 6.45) is 6.17. The molecular weight excluding hydrogens is 270 g/mol. The van der Waals surface area contributed by atoms with Gasteiger partial charge in [-0.3, -0.25) is 9.59 Å². The monoisotopic (exact) mass is 293 g/mol. The Morgan fingerprint density at radius 2 is 2.24 bits per heavy atom. The molecule has 0 bridgehead atoms. The second-order valence-electron chi connectivity index (χ2n) is 5.71. The Hall–Kier alpha value is -1.85. The third kappa shape index (κ3) is 2.94. The summed E-state index contributed by atoms with van der Waals surface area (Å²) < 4.78 is 1.64. The van der Waals surface area contributed by atoms with Crippen LogP contribution >= 0.6 is 0 Å². The van der Waals surface area contributed by atoms with Crippen molar-refractivity contribution in [2.75, 3.05) is 18.0 Å². The fourth-order valence-corrected chi connectivity index (χ4v) is 3.00. The zero-order valence-corrected chi connectivity index (χ0v) is 12.7. The lowest BCUT2D eigenvalue weighted by Gasteiger charge is -2.39. The molecule has 2 heterocycles. The zero-order valence-electron chi connectivity index (χ0n) is 12.7. The number of piperidine rings is 1. The maximum Gasteiger partial charge on any atom is 0.311 e. The summed E-state index contributed by atoms with van der Waals surface area (Å²) in [6, 6.07) is 0. The first-order chi connectivity index (χ1) is 10.0. The number of aryl methyl sites for hydroxylation is 1. The second kappa shape index (κ2) is 6.28. The molecule has 0 radical (unpaired) electrons. The van der Waals surface area contributed by atoms with E-state index in [9.17, 15) is 14.7 Å². The van der Waals surface area contributed by atoms with Gasteiger partial charge in [0.25, 0.3) is 5.56 Å². The molecule has 0 aliphatic carbocycles. The maximum absolute atomic E-state index is 12.4. The molecule has 1 N–H and O–H groups in total. The topological polar surface area (TPSA) is 75.4 Å². The van der Waals surface area contributed by atoms with Crippen molar-refractivity contribution in [1.29, 1.82) is 0 Å². The Morgan fingerprint density at radius 1 is 1.48 bits per heavy atom. The van der Waals surface area contributed by atoms with Gasteiger partial charge in [0.05, 0.1) is 5.41 Å². The summed E-state index contributed by atoms with van der Waals surface area (Å²) in [5.41, 5.74) is -0.894. The molecule has 1 atom stereocenters. The van der Waals surface area contributed by atoms with Crippen molar-refractivity contribution in [3.05, 3.63) is 22.7 Å². The Bertz CT molecular complexity index is 570. The molecule has 1 fully saturated rings. The van der Waals surface area contributed by atoms with E-state index in [4.69, 9.17) is 0 Å². The second-order valence-corrected chi connectivity index (χ2v) is 5.71. The number of hydrogen-bond acceptors (Lipinski definition) is 4. The number of aromatic nitrogens is 2. The van der Waals surface area contributed by atoms with Crippen molar-refractivity contribution in [2.24, 2.45) is 5.41 Å². The number of anilines is 1. The fraction of sp³-hybridized carbons (Fsp3) is 0.667. The number of carboxylic acids is 1. The molecule has 1 unspecified atom stereocenters. The van der Waals surface area contributed by atoms with Crippen LogP contribution in [0.15, 0.2) is 17.2 Å². The quantitative estimate of drug-likeness (QED) is 0.895. The molecule has 6 heteroatoms. The number of nitrogens with zero attached hydrogens (tertiary/aromatic N) is 3. The molecule has 0 saturated carbocycles. The van der Waals surface area contributed by atoms with Crippen LogP contribution in [0.1, 0.15) is 39.5 Å².